The lowest BCUT2D eigenvalue weighted by atomic mass is 9.83. The van der Waals surface area contributed by atoms with Crippen molar-refractivity contribution in [3.8, 4) is 16.9 Å². The molecule has 7 heteroatoms. The average Bonchev–Trinajstić information content (AvgIpc) is 3.33. The number of benzene rings is 2. The number of anilines is 1. The molecular weight excluding hydrogens is 538 g/mol. The highest BCUT2D eigenvalue weighted by atomic mass is 35.5. The number of carbonyl (C=O) groups is 1. The van der Waals surface area contributed by atoms with Crippen molar-refractivity contribution in [3.63, 3.8) is 0 Å². The summed E-state index contributed by atoms with van der Waals surface area (Å²) >= 11 is 8.32. The quantitative estimate of drug-likeness (QED) is 0.200. The molecule has 1 aliphatic rings. The van der Waals surface area contributed by atoms with Crippen LogP contribution in [0.5, 0.6) is 5.75 Å². The molecule has 40 heavy (non-hydrogen) atoms. The summed E-state index contributed by atoms with van der Waals surface area (Å²) in [5, 5.41) is 1.50. The van der Waals surface area contributed by atoms with Crippen molar-refractivity contribution in [2.24, 2.45) is 5.92 Å². The minimum atomic E-state index is 0.0102. The maximum absolute atomic E-state index is 14.3. The maximum Gasteiger partial charge on any atom is 0.266 e. The Morgan fingerprint density at radius 2 is 1.77 bits per heavy atom. The number of thiophene rings is 1. The topological polar surface area (TPSA) is 45.7 Å². The fraction of sp³-hybridized carbons (Fsp3) is 0.394. The number of ether oxygens (including phenoxy) is 1. The van der Waals surface area contributed by atoms with E-state index in [9.17, 15) is 4.79 Å². The van der Waals surface area contributed by atoms with Crippen molar-refractivity contribution in [2.45, 2.75) is 58.5 Å². The summed E-state index contributed by atoms with van der Waals surface area (Å²) in [7, 11) is 3.97. The number of nitrogens with zero attached hydrogens (tertiary/aromatic N) is 3. The lowest BCUT2D eigenvalue weighted by Crippen LogP contribution is -2.41. The lowest BCUT2D eigenvalue weighted by molar-refractivity contribution is 0.0590. The molecule has 0 atom stereocenters. The summed E-state index contributed by atoms with van der Waals surface area (Å²) in [5.41, 5.74) is 3.08. The van der Waals surface area contributed by atoms with E-state index in [4.69, 9.17) is 16.3 Å². The molecule has 0 radical (unpaired) electrons. The summed E-state index contributed by atoms with van der Waals surface area (Å²) in [4.78, 5) is 23.6. The third kappa shape index (κ3) is 5.98. The molecule has 1 saturated carbocycles. The van der Waals surface area contributed by atoms with Gasteiger partial charge >= 0.3 is 0 Å². The molecule has 0 saturated heterocycles. The highest BCUT2D eigenvalue weighted by molar-refractivity contribution is 7.21. The first-order valence-corrected chi connectivity index (χ1v) is 15.5. The van der Waals surface area contributed by atoms with Gasteiger partial charge in [-0.25, -0.2) is 4.98 Å². The van der Waals surface area contributed by atoms with Crippen LogP contribution in [0.4, 0.5) is 5.82 Å². The Balaban J connectivity index is 1.52. The second-order valence-electron chi connectivity index (χ2n) is 10.8. The van der Waals surface area contributed by atoms with Crippen molar-refractivity contribution in [2.75, 3.05) is 25.6 Å². The van der Waals surface area contributed by atoms with E-state index in [1.807, 2.05) is 68.5 Å². The van der Waals surface area contributed by atoms with Crippen LogP contribution in [0, 0.1) is 5.92 Å². The van der Waals surface area contributed by atoms with E-state index in [1.165, 1.54) is 17.8 Å². The minimum Gasteiger partial charge on any atom is -0.494 e. The number of carbonyl (C=O) groups excluding carboxylic acids is 1. The van der Waals surface area contributed by atoms with Crippen molar-refractivity contribution in [1.29, 1.82) is 0 Å². The molecule has 1 aliphatic carbocycles. The van der Waals surface area contributed by atoms with Gasteiger partial charge in [-0.3, -0.25) is 4.79 Å². The van der Waals surface area contributed by atoms with Gasteiger partial charge < -0.3 is 14.5 Å². The maximum atomic E-state index is 14.3. The second kappa shape index (κ2) is 12.6. The molecule has 1 amide bonds. The van der Waals surface area contributed by atoms with Crippen LogP contribution in [0.2, 0.25) is 5.02 Å². The van der Waals surface area contributed by atoms with E-state index >= 15 is 0 Å². The minimum absolute atomic E-state index is 0.0102. The van der Waals surface area contributed by atoms with E-state index in [1.54, 1.807) is 0 Å². The van der Waals surface area contributed by atoms with E-state index < -0.39 is 0 Å². The van der Waals surface area contributed by atoms with Crippen molar-refractivity contribution < 1.29 is 9.53 Å². The summed E-state index contributed by atoms with van der Waals surface area (Å²) in [5.74, 6) is 2.47. The van der Waals surface area contributed by atoms with Gasteiger partial charge in [-0.15, -0.1) is 11.3 Å². The van der Waals surface area contributed by atoms with Crippen LogP contribution in [-0.2, 0) is 6.54 Å². The van der Waals surface area contributed by atoms with E-state index in [-0.39, 0.29) is 11.9 Å². The van der Waals surface area contributed by atoms with Gasteiger partial charge in [0.15, 0.2) is 0 Å². The first-order chi connectivity index (χ1) is 19.4. The number of amides is 1. The van der Waals surface area contributed by atoms with Gasteiger partial charge in [0.2, 0.25) is 0 Å². The van der Waals surface area contributed by atoms with E-state index in [0.717, 1.165) is 69.9 Å². The van der Waals surface area contributed by atoms with Crippen LogP contribution in [0.3, 0.4) is 0 Å². The highest BCUT2D eigenvalue weighted by Gasteiger charge is 2.32. The average molecular weight is 576 g/mol. The zero-order valence-electron chi connectivity index (χ0n) is 23.8. The van der Waals surface area contributed by atoms with Gasteiger partial charge in [-0.2, -0.15) is 0 Å². The zero-order chi connectivity index (χ0) is 28.2. The Bertz CT molecular complexity index is 1460. The van der Waals surface area contributed by atoms with Gasteiger partial charge in [0.25, 0.3) is 5.91 Å². The number of fused-ring (bicyclic) bond motifs is 1. The molecule has 1 fully saturated rings. The van der Waals surface area contributed by atoms with Crippen LogP contribution in [0.1, 0.15) is 61.2 Å². The van der Waals surface area contributed by atoms with Crippen LogP contribution in [0.25, 0.3) is 21.2 Å². The normalized spacial score (nSPS) is 17.1. The fourth-order valence-electron chi connectivity index (χ4n) is 5.70. The zero-order valence-corrected chi connectivity index (χ0v) is 25.4. The Morgan fingerprint density at radius 1 is 1.02 bits per heavy atom. The fourth-order valence-corrected chi connectivity index (χ4v) is 7.17. The van der Waals surface area contributed by atoms with Crippen molar-refractivity contribution >= 4 is 44.7 Å². The smallest absolute Gasteiger partial charge is 0.266 e. The van der Waals surface area contributed by atoms with Crippen molar-refractivity contribution in [3.05, 3.63) is 76.3 Å². The van der Waals surface area contributed by atoms with Crippen LogP contribution in [0.15, 0.2) is 60.8 Å². The Labute approximate surface area is 246 Å². The Hall–Kier alpha value is -3.09. The number of pyridine rings is 1. The molecule has 0 unspecified atom stereocenters. The molecule has 5 rings (SSSR count). The first-order valence-electron chi connectivity index (χ1n) is 14.3. The highest BCUT2D eigenvalue weighted by Crippen LogP contribution is 2.39. The molecule has 2 heterocycles. The van der Waals surface area contributed by atoms with Crippen LogP contribution < -0.4 is 9.64 Å². The summed E-state index contributed by atoms with van der Waals surface area (Å²) in [6.45, 7) is 5.29. The first kappa shape index (κ1) is 28.4. The molecule has 0 aliphatic heterocycles. The third-order valence-corrected chi connectivity index (χ3v) is 9.73. The second-order valence-corrected chi connectivity index (χ2v) is 12.2. The molecule has 0 spiro atoms. The van der Waals surface area contributed by atoms with Gasteiger partial charge in [0.1, 0.15) is 16.4 Å². The molecule has 0 bridgehead atoms. The number of hydrogen-bond acceptors (Lipinski definition) is 5. The van der Waals surface area contributed by atoms with E-state index in [0.29, 0.717) is 23.1 Å². The third-order valence-electron chi connectivity index (χ3n) is 8.06. The Morgan fingerprint density at radius 3 is 2.42 bits per heavy atom. The Kier molecular flexibility index (Phi) is 8.97. The predicted octanol–water partition coefficient (Wildman–Crippen LogP) is 8.69. The monoisotopic (exact) mass is 575 g/mol. The molecule has 2 aromatic carbocycles. The number of hydrogen-bond donors (Lipinski definition) is 0. The molecule has 2 aromatic heterocycles. The number of aromatic nitrogens is 1. The molecule has 210 valence electrons. The summed E-state index contributed by atoms with van der Waals surface area (Å²) in [6, 6.07) is 18.5. The molecule has 4 aromatic rings. The molecule has 5 nitrogen and oxygen atoms in total. The SMILES string of the molecule is CCOc1ccc(-c2ccc(N(C)C)nc2)cc1CN(C(=O)c1sc2ccccc2c1Cl)[C@H]1CC[C@H](CC)CC1. The standard InChI is InChI=1S/C33H38ClN3O2S/c1-5-22-11-15-26(16-12-22)37(33(38)32-31(34)27-9-7-8-10-29(27)40-32)21-25-19-23(13-17-28(25)39-6-2)24-14-18-30(35-20-24)36(3)4/h7-10,13-14,17-20,22,26H,5-6,11-12,15-16,21H2,1-4H3/t22-,26-. The molecule has 0 N–H and O–H groups in total. The van der Waals surface area contributed by atoms with Crippen LogP contribution >= 0.6 is 22.9 Å². The summed E-state index contributed by atoms with van der Waals surface area (Å²) < 4.78 is 7.11. The van der Waals surface area contributed by atoms with Gasteiger partial charge in [-0.05, 0) is 74.4 Å². The van der Waals surface area contributed by atoms with E-state index in [2.05, 4.69) is 35.0 Å². The predicted molar refractivity (Wildman–Crippen MR) is 168 cm³/mol. The number of rotatable bonds is 9. The summed E-state index contributed by atoms with van der Waals surface area (Å²) in [6.07, 6.45) is 7.40. The van der Waals surface area contributed by atoms with Gasteiger partial charge in [0.05, 0.1) is 11.6 Å². The largest absolute Gasteiger partial charge is 0.494 e. The van der Waals surface area contributed by atoms with Crippen molar-refractivity contribution in [1.82, 2.24) is 9.88 Å². The van der Waals surface area contributed by atoms with Gasteiger partial charge in [0, 0.05) is 54.1 Å². The lowest BCUT2D eigenvalue weighted by Gasteiger charge is -2.37. The number of halogens is 1. The van der Waals surface area contributed by atoms with Gasteiger partial charge in [-0.1, -0.05) is 49.2 Å². The molecular formula is C33H38ClN3O2S. The van der Waals surface area contributed by atoms with Crippen LogP contribution in [-0.4, -0.2) is 42.5 Å².